The first-order valence-corrected chi connectivity index (χ1v) is 4.42. The molecule has 0 aromatic heterocycles. The van der Waals surface area contributed by atoms with Gasteiger partial charge in [0.1, 0.15) is 0 Å². The van der Waals surface area contributed by atoms with Crippen molar-refractivity contribution in [3.05, 3.63) is 0 Å². The Bertz CT molecular complexity index is 241. The van der Waals surface area contributed by atoms with Gasteiger partial charge in [0.2, 0.25) is 5.78 Å². The number of ketones is 1. The Morgan fingerprint density at radius 1 is 1.40 bits per heavy atom. The fraction of sp³-hybridized carbons (Fsp3) is 0.750. The zero-order valence-electron chi connectivity index (χ0n) is 8.23. The number of amides is 1. The Hall–Kier alpha value is -1.11. The van der Waals surface area contributed by atoms with Gasteiger partial charge in [0.05, 0.1) is 12.5 Å². The molecule has 7 heteroatoms. The van der Waals surface area contributed by atoms with Crippen LogP contribution in [0.3, 0.4) is 0 Å². The molecule has 1 unspecified atom stereocenters. The van der Waals surface area contributed by atoms with E-state index in [1.54, 1.807) is 6.92 Å². The predicted molar refractivity (Wildman–Crippen MR) is 47.0 cm³/mol. The summed E-state index contributed by atoms with van der Waals surface area (Å²) in [5.74, 6) is -2.30. The third-order valence-electron chi connectivity index (χ3n) is 1.55. The van der Waals surface area contributed by atoms with E-state index in [0.29, 0.717) is 6.42 Å². The molecule has 0 aromatic carbocycles. The van der Waals surface area contributed by atoms with Gasteiger partial charge in [-0.2, -0.15) is 13.2 Å². The van der Waals surface area contributed by atoms with E-state index in [0.717, 1.165) is 0 Å². The molecule has 15 heavy (non-hydrogen) atoms. The zero-order chi connectivity index (χ0) is 12.1. The van der Waals surface area contributed by atoms with Crippen LogP contribution in [-0.2, 0) is 9.59 Å². The van der Waals surface area contributed by atoms with Gasteiger partial charge in [0, 0.05) is 6.54 Å². The Morgan fingerprint density at radius 2 is 1.93 bits per heavy atom. The number of halogens is 3. The van der Waals surface area contributed by atoms with Crippen LogP contribution in [0, 0.1) is 0 Å². The summed E-state index contributed by atoms with van der Waals surface area (Å²) in [6, 6.07) is -1.82. The molecule has 0 aliphatic carbocycles. The van der Waals surface area contributed by atoms with E-state index in [-0.39, 0.29) is 6.54 Å². The number of nitrogens with two attached hydrogens (primary N) is 1. The number of hydrogen-bond acceptors (Lipinski definition) is 3. The predicted octanol–water partition coefficient (Wildman–Crippen LogP) is 0.361. The van der Waals surface area contributed by atoms with Crippen LogP contribution in [0.15, 0.2) is 0 Å². The second kappa shape index (κ2) is 5.69. The second-order valence-corrected chi connectivity index (χ2v) is 3.05. The Kier molecular flexibility index (Phi) is 5.27. The van der Waals surface area contributed by atoms with E-state index >= 15 is 0 Å². The minimum atomic E-state index is -4.54. The highest BCUT2D eigenvalue weighted by atomic mass is 19.4. The van der Waals surface area contributed by atoms with Crippen molar-refractivity contribution in [2.45, 2.75) is 32.0 Å². The molecule has 0 saturated heterocycles. The van der Waals surface area contributed by atoms with Gasteiger partial charge in [0.15, 0.2) is 0 Å². The molecular weight excluding hydrogens is 213 g/mol. The van der Waals surface area contributed by atoms with Gasteiger partial charge in [-0.3, -0.25) is 9.59 Å². The Labute approximate surface area is 85.0 Å². The van der Waals surface area contributed by atoms with Crippen molar-refractivity contribution < 1.29 is 22.8 Å². The summed E-state index contributed by atoms with van der Waals surface area (Å²) in [5.41, 5.74) is 4.95. The van der Waals surface area contributed by atoms with Crippen molar-refractivity contribution in [3.63, 3.8) is 0 Å². The molecule has 1 amide bonds. The lowest BCUT2D eigenvalue weighted by molar-refractivity contribution is -0.150. The summed E-state index contributed by atoms with van der Waals surface area (Å²) in [5, 5.41) is 2.16. The van der Waals surface area contributed by atoms with Crippen LogP contribution in [0.25, 0.3) is 0 Å². The fourth-order valence-electron chi connectivity index (χ4n) is 0.836. The van der Waals surface area contributed by atoms with Crippen molar-refractivity contribution in [1.82, 2.24) is 5.32 Å². The van der Waals surface area contributed by atoms with Crippen LogP contribution >= 0.6 is 0 Å². The molecule has 0 aromatic rings. The van der Waals surface area contributed by atoms with Gasteiger partial charge in [0.25, 0.3) is 5.91 Å². The van der Waals surface area contributed by atoms with Crippen LogP contribution < -0.4 is 11.1 Å². The first-order valence-electron chi connectivity index (χ1n) is 4.42. The molecule has 0 heterocycles. The van der Waals surface area contributed by atoms with Crippen LogP contribution in [0.1, 0.15) is 19.8 Å². The molecule has 88 valence electrons. The van der Waals surface area contributed by atoms with E-state index in [1.165, 1.54) is 0 Å². The molecular formula is C8H13F3N2O2. The SMILES string of the molecule is CCCNC(=O)C(=O)C(N)CC(F)(F)F. The van der Waals surface area contributed by atoms with E-state index in [4.69, 9.17) is 5.73 Å². The number of nitrogens with one attached hydrogen (secondary N) is 1. The maximum atomic E-state index is 11.8. The van der Waals surface area contributed by atoms with Crippen LogP contribution in [0.4, 0.5) is 13.2 Å². The Balaban J connectivity index is 4.14. The number of alkyl halides is 3. The third kappa shape index (κ3) is 6.05. The number of rotatable bonds is 5. The van der Waals surface area contributed by atoms with E-state index < -0.39 is 30.3 Å². The minimum Gasteiger partial charge on any atom is -0.349 e. The van der Waals surface area contributed by atoms with Crippen molar-refractivity contribution in [1.29, 1.82) is 0 Å². The zero-order valence-corrected chi connectivity index (χ0v) is 8.23. The average molecular weight is 226 g/mol. The number of hydrogen-bond donors (Lipinski definition) is 2. The minimum absolute atomic E-state index is 0.239. The largest absolute Gasteiger partial charge is 0.391 e. The van der Waals surface area contributed by atoms with Gasteiger partial charge in [-0.15, -0.1) is 0 Å². The van der Waals surface area contributed by atoms with Gasteiger partial charge >= 0.3 is 6.18 Å². The topological polar surface area (TPSA) is 72.2 Å². The van der Waals surface area contributed by atoms with Crippen LogP contribution in [-0.4, -0.2) is 30.5 Å². The third-order valence-corrected chi connectivity index (χ3v) is 1.55. The second-order valence-electron chi connectivity index (χ2n) is 3.05. The van der Waals surface area contributed by atoms with Crippen molar-refractivity contribution >= 4 is 11.7 Å². The smallest absolute Gasteiger partial charge is 0.349 e. The molecule has 0 bridgehead atoms. The molecule has 0 radical (unpaired) electrons. The van der Waals surface area contributed by atoms with Crippen molar-refractivity contribution in [3.8, 4) is 0 Å². The Morgan fingerprint density at radius 3 is 2.33 bits per heavy atom. The van der Waals surface area contributed by atoms with E-state index in [9.17, 15) is 22.8 Å². The molecule has 0 fully saturated rings. The normalized spacial score (nSPS) is 13.4. The highest BCUT2D eigenvalue weighted by Gasteiger charge is 2.35. The van der Waals surface area contributed by atoms with Gasteiger partial charge in [-0.05, 0) is 6.42 Å². The van der Waals surface area contributed by atoms with E-state index in [1.807, 2.05) is 0 Å². The molecule has 0 rings (SSSR count). The lowest BCUT2D eigenvalue weighted by atomic mass is 10.1. The number of carbonyl (C=O) groups excluding carboxylic acids is 2. The van der Waals surface area contributed by atoms with Gasteiger partial charge in [-0.25, -0.2) is 0 Å². The van der Waals surface area contributed by atoms with Crippen molar-refractivity contribution in [2.75, 3.05) is 6.54 Å². The molecule has 1 atom stereocenters. The molecule has 0 spiro atoms. The van der Waals surface area contributed by atoms with Gasteiger partial charge < -0.3 is 11.1 Å². The highest BCUT2D eigenvalue weighted by molar-refractivity contribution is 6.38. The molecule has 0 aliphatic heterocycles. The number of Topliss-reactive ketones (excluding diaryl/α,β-unsaturated/α-hetero) is 1. The maximum Gasteiger partial charge on any atom is 0.391 e. The summed E-state index contributed by atoms with van der Waals surface area (Å²) >= 11 is 0. The lowest BCUT2D eigenvalue weighted by Gasteiger charge is -2.12. The first-order chi connectivity index (χ1) is 6.78. The van der Waals surface area contributed by atoms with Crippen molar-refractivity contribution in [2.24, 2.45) is 5.73 Å². The highest BCUT2D eigenvalue weighted by Crippen LogP contribution is 2.20. The average Bonchev–Trinajstić information content (AvgIpc) is 2.10. The summed E-state index contributed by atoms with van der Waals surface area (Å²) in [7, 11) is 0. The standard InChI is InChI=1S/C8H13F3N2O2/c1-2-3-13-7(15)6(14)5(12)4-8(9,10)11/h5H,2-4,12H2,1H3,(H,13,15). The van der Waals surface area contributed by atoms with Crippen LogP contribution in [0.2, 0.25) is 0 Å². The summed E-state index contributed by atoms with van der Waals surface area (Å²) < 4.78 is 35.5. The number of carbonyl (C=O) groups is 2. The first kappa shape index (κ1) is 13.9. The van der Waals surface area contributed by atoms with Crippen LogP contribution in [0.5, 0.6) is 0 Å². The van der Waals surface area contributed by atoms with E-state index in [2.05, 4.69) is 5.32 Å². The maximum absolute atomic E-state index is 11.8. The summed E-state index contributed by atoms with van der Waals surface area (Å²) in [6.45, 7) is 1.99. The van der Waals surface area contributed by atoms with Gasteiger partial charge in [-0.1, -0.05) is 6.92 Å². The fourth-order valence-corrected chi connectivity index (χ4v) is 0.836. The molecule has 0 aliphatic rings. The molecule has 4 nitrogen and oxygen atoms in total. The summed E-state index contributed by atoms with van der Waals surface area (Å²) in [4.78, 5) is 21.9. The summed E-state index contributed by atoms with van der Waals surface area (Å²) in [6.07, 6.45) is -5.43. The monoisotopic (exact) mass is 226 g/mol. The molecule has 0 saturated carbocycles. The molecule has 3 N–H and O–H groups in total. The lowest BCUT2D eigenvalue weighted by Crippen LogP contribution is -2.44. The quantitative estimate of drug-likeness (QED) is 0.665.